The van der Waals surface area contributed by atoms with Crippen LogP contribution in [-0.2, 0) is 0 Å². The minimum Gasteiger partial charge on any atom is -0.321 e. The molecule has 0 amide bonds. The van der Waals surface area contributed by atoms with Gasteiger partial charge in [-0.3, -0.25) is 4.99 Å². The van der Waals surface area contributed by atoms with Crippen molar-refractivity contribution in [1.29, 1.82) is 0 Å². The van der Waals surface area contributed by atoms with Crippen LogP contribution in [-0.4, -0.2) is 44.4 Å². The van der Waals surface area contributed by atoms with Gasteiger partial charge in [0.2, 0.25) is 0 Å². The molecule has 2 aliphatic heterocycles. The lowest BCUT2D eigenvalue weighted by atomic mass is 10.2. The van der Waals surface area contributed by atoms with E-state index in [-0.39, 0.29) is 0 Å². The Labute approximate surface area is 61.5 Å². The van der Waals surface area contributed by atoms with Crippen LogP contribution in [0.15, 0.2) is 16.1 Å². The molecule has 2 nitrogen and oxygen atoms in total. The largest absolute Gasteiger partial charge is 0.321 e. The molecule has 54 valence electrons. The van der Waals surface area contributed by atoms with Gasteiger partial charge in [0.15, 0.2) is 0 Å². The van der Waals surface area contributed by atoms with Gasteiger partial charge in [0.05, 0.1) is 20.6 Å². The van der Waals surface area contributed by atoms with Crippen LogP contribution in [0.2, 0.25) is 0 Å². The van der Waals surface area contributed by atoms with Gasteiger partial charge in [-0.1, -0.05) is 0 Å². The molecule has 0 spiro atoms. The van der Waals surface area contributed by atoms with Crippen LogP contribution < -0.4 is 0 Å². The van der Waals surface area contributed by atoms with Gasteiger partial charge in [0.25, 0.3) is 0 Å². The molecule has 0 aromatic heterocycles. The lowest BCUT2D eigenvalue weighted by Crippen LogP contribution is -2.38. The van der Waals surface area contributed by atoms with E-state index in [1.807, 2.05) is 6.21 Å². The van der Waals surface area contributed by atoms with E-state index in [1.165, 1.54) is 18.7 Å². The fourth-order valence-electron chi connectivity index (χ4n) is 1.80. The maximum atomic E-state index is 4.22. The molecular formula is C8H13N2+. The Balaban J connectivity index is 2.23. The zero-order chi connectivity index (χ0) is 7.19. The molecule has 0 aromatic carbocycles. The molecule has 0 fully saturated rings. The van der Waals surface area contributed by atoms with Gasteiger partial charge in [-0.25, -0.2) is 0 Å². The molecule has 0 aliphatic carbocycles. The minimum atomic E-state index is 0.969. The van der Waals surface area contributed by atoms with Crippen molar-refractivity contribution in [3.63, 3.8) is 0 Å². The summed E-state index contributed by atoms with van der Waals surface area (Å²) in [5.74, 6) is 0. The maximum absolute atomic E-state index is 4.22. The Bertz CT molecular complexity index is 223. The van der Waals surface area contributed by atoms with Crippen molar-refractivity contribution in [2.24, 2.45) is 4.99 Å². The van der Waals surface area contributed by atoms with E-state index >= 15 is 0 Å². The number of quaternary nitrogens is 1. The molecule has 0 atom stereocenters. The molecular weight excluding hydrogens is 124 g/mol. The Morgan fingerprint density at radius 1 is 1.40 bits per heavy atom. The molecule has 2 aliphatic rings. The summed E-state index contributed by atoms with van der Waals surface area (Å²) < 4.78 is 1.12. The van der Waals surface area contributed by atoms with Crippen LogP contribution in [0.5, 0.6) is 0 Å². The summed E-state index contributed by atoms with van der Waals surface area (Å²) in [5, 5.41) is 0. The smallest absolute Gasteiger partial charge is 0.106 e. The van der Waals surface area contributed by atoms with E-state index in [0.717, 1.165) is 11.0 Å². The second kappa shape index (κ2) is 1.70. The molecule has 2 rings (SSSR count). The third kappa shape index (κ3) is 0.797. The molecule has 2 heterocycles. The first-order chi connectivity index (χ1) is 4.67. The van der Waals surface area contributed by atoms with Gasteiger partial charge < -0.3 is 4.48 Å². The molecule has 0 bridgehead atoms. The highest BCUT2D eigenvalue weighted by molar-refractivity contribution is 5.83. The molecule has 0 N–H and O–H groups in total. The Morgan fingerprint density at radius 3 is 2.90 bits per heavy atom. The summed E-state index contributed by atoms with van der Waals surface area (Å²) in [6.45, 7) is 3.35. The molecule has 10 heavy (non-hydrogen) atoms. The zero-order valence-corrected chi connectivity index (χ0v) is 6.59. The van der Waals surface area contributed by atoms with Gasteiger partial charge in [-0.15, -0.1) is 0 Å². The fraction of sp³-hybridized carbons (Fsp3) is 0.625. The standard InChI is InChI=1S/C8H13N2/c1-10(2)5-7-3-9-4-8(7)6-10/h3H,4-6H2,1-2H3/q+1. The van der Waals surface area contributed by atoms with E-state index in [9.17, 15) is 0 Å². The van der Waals surface area contributed by atoms with Crippen molar-refractivity contribution in [1.82, 2.24) is 0 Å². The van der Waals surface area contributed by atoms with Crippen molar-refractivity contribution in [3.8, 4) is 0 Å². The predicted octanol–water partition coefficient (Wildman–Crippen LogP) is 0.457. The SMILES string of the molecule is C[N+]1(C)CC2=C(CN=C2)C1. The second-order valence-electron chi connectivity index (χ2n) is 3.85. The third-order valence-corrected chi connectivity index (χ3v) is 2.20. The first-order valence-electron chi connectivity index (χ1n) is 3.70. The van der Waals surface area contributed by atoms with Gasteiger partial charge in [-0.05, 0) is 0 Å². The van der Waals surface area contributed by atoms with Crippen LogP contribution in [0.3, 0.4) is 0 Å². The molecule has 0 aromatic rings. The lowest BCUT2D eigenvalue weighted by Gasteiger charge is -2.24. The Hall–Kier alpha value is -0.630. The van der Waals surface area contributed by atoms with Crippen molar-refractivity contribution >= 4 is 6.21 Å². The van der Waals surface area contributed by atoms with Crippen LogP contribution in [0.25, 0.3) is 0 Å². The highest BCUT2D eigenvalue weighted by Gasteiger charge is 2.30. The number of nitrogens with zero attached hydrogens (tertiary/aromatic N) is 2. The average Bonchev–Trinajstić information content (AvgIpc) is 2.20. The summed E-state index contributed by atoms with van der Waals surface area (Å²) in [5.41, 5.74) is 3.05. The topological polar surface area (TPSA) is 12.4 Å². The number of hydrogen-bond donors (Lipinski definition) is 0. The summed E-state index contributed by atoms with van der Waals surface area (Å²) in [6, 6.07) is 0. The maximum Gasteiger partial charge on any atom is 0.106 e. The van der Waals surface area contributed by atoms with E-state index in [1.54, 1.807) is 5.57 Å². The highest BCUT2D eigenvalue weighted by Crippen LogP contribution is 2.23. The van der Waals surface area contributed by atoms with Gasteiger partial charge in [-0.2, -0.15) is 0 Å². The van der Waals surface area contributed by atoms with Crippen LogP contribution in [0.4, 0.5) is 0 Å². The summed E-state index contributed by atoms with van der Waals surface area (Å²) in [7, 11) is 4.54. The van der Waals surface area contributed by atoms with Crippen molar-refractivity contribution in [3.05, 3.63) is 11.1 Å². The van der Waals surface area contributed by atoms with Gasteiger partial charge in [0.1, 0.15) is 13.1 Å². The molecule has 0 saturated carbocycles. The summed E-state index contributed by atoms with van der Waals surface area (Å²) in [4.78, 5) is 4.22. The Morgan fingerprint density at radius 2 is 2.20 bits per heavy atom. The average molecular weight is 137 g/mol. The first-order valence-corrected chi connectivity index (χ1v) is 3.70. The summed E-state index contributed by atoms with van der Waals surface area (Å²) >= 11 is 0. The normalized spacial score (nSPS) is 27.8. The van der Waals surface area contributed by atoms with Crippen LogP contribution in [0, 0.1) is 0 Å². The quantitative estimate of drug-likeness (QED) is 0.430. The minimum absolute atomic E-state index is 0.969. The molecule has 0 radical (unpaired) electrons. The number of aliphatic imine (C=N–C) groups is 1. The number of hydrogen-bond acceptors (Lipinski definition) is 1. The summed E-state index contributed by atoms with van der Waals surface area (Å²) in [6.07, 6.45) is 2.04. The Kier molecular flexibility index (Phi) is 1.04. The fourth-order valence-corrected chi connectivity index (χ4v) is 1.80. The monoisotopic (exact) mass is 137 g/mol. The van der Waals surface area contributed by atoms with Crippen molar-refractivity contribution < 1.29 is 4.48 Å². The van der Waals surface area contributed by atoms with E-state index in [0.29, 0.717) is 0 Å². The predicted molar refractivity (Wildman–Crippen MR) is 42.2 cm³/mol. The zero-order valence-electron chi connectivity index (χ0n) is 6.59. The van der Waals surface area contributed by atoms with E-state index in [4.69, 9.17) is 0 Å². The molecule has 2 heteroatoms. The third-order valence-electron chi connectivity index (χ3n) is 2.20. The first kappa shape index (κ1) is 6.10. The van der Waals surface area contributed by atoms with Crippen LogP contribution >= 0.6 is 0 Å². The molecule has 0 saturated heterocycles. The highest BCUT2D eigenvalue weighted by atomic mass is 15.3. The van der Waals surface area contributed by atoms with Crippen molar-refractivity contribution in [2.45, 2.75) is 0 Å². The van der Waals surface area contributed by atoms with Crippen molar-refractivity contribution in [2.75, 3.05) is 33.7 Å². The number of likely N-dealkylation sites (N-methyl/N-ethyl adjacent to an activating group) is 1. The van der Waals surface area contributed by atoms with E-state index in [2.05, 4.69) is 19.1 Å². The van der Waals surface area contributed by atoms with Gasteiger partial charge in [0, 0.05) is 17.4 Å². The van der Waals surface area contributed by atoms with E-state index < -0.39 is 0 Å². The number of rotatable bonds is 0. The lowest BCUT2D eigenvalue weighted by molar-refractivity contribution is -0.875. The van der Waals surface area contributed by atoms with Crippen LogP contribution in [0.1, 0.15) is 0 Å². The van der Waals surface area contributed by atoms with Gasteiger partial charge >= 0.3 is 0 Å². The molecule has 0 unspecified atom stereocenters. The second-order valence-corrected chi connectivity index (χ2v) is 3.85.